The largest absolute Gasteiger partial charge is 0.495 e. The number of aromatic nitrogens is 4. The van der Waals surface area contributed by atoms with Crippen LogP contribution in [0.5, 0.6) is 5.75 Å². The minimum Gasteiger partial charge on any atom is -0.495 e. The summed E-state index contributed by atoms with van der Waals surface area (Å²) in [6.07, 6.45) is 0.0344. The lowest BCUT2D eigenvalue weighted by molar-refractivity contribution is -0.115. The van der Waals surface area contributed by atoms with Gasteiger partial charge in [-0.2, -0.15) is 4.98 Å². The molecule has 0 unspecified atom stereocenters. The SMILES string of the molecule is COc1cc(Cl)c(C)cc1NC(=O)Cc1nc2nc(C)cc(C)n2n1. The number of methoxy groups -OCH3 is 1. The van der Waals surface area contributed by atoms with E-state index in [0.717, 1.165) is 17.0 Å². The maximum absolute atomic E-state index is 12.4. The van der Waals surface area contributed by atoms with Gasteiger partial charge in [-0.05, 0) is 38.5 Å². The molecule has 1 N–H and O–H groups in total. The van der Waals surface area contributed by atoms with E-state index in [0.29, 0.717) is 28.1 Å². The Hall–Kier alpha value is -2.67. The van der Waals surface area contributed by atoms with Crippen LogP contribution in [0.2, 0.25) is 5.02 Å². The second-order valence-electron chi connectivity index (χ2n) is 5.81. The Morgan fingerprint density at radius 3 is 2.72 bits per heavy atom. The zero-order valence-corrected chi connectivity index (χ0v) is 15.2. The minimum atomic E-state index is -0.245. The monoisotopic (exact) mass is 359 g/mol. The molecule has 0 aliphatic rings. The van der Waals surface area contributed by atoms with Crippen molar-refractivity contribution in [1.82, 2.24) is 19.6 Å². The van der Waals surface area contributed by atoms with Crippen molar-refractivity contribution < 1.29 is 9.53 Å². The van der Waals surface area contributed by atoms with Gasteiger partial charge < -0.3 is 10.1 Å². The fourth-order valence-corrected chi connectivity index (χ4v) is 2.70. The molecule has 1 aromatic carbocycles. The number of carbonyl (C=O) groups excluding carboxylic acids is 1. The molecular formula is C17H18ClN5O2. The van der Waals surface area contributed by atoms with E-state index in [4.69, 9.17) is 16.3 Å². The summed E-state index contributed by atoms with van der Waals surface area (Å²) >= 11 is 6.08. The van der Waals surface area contributed by atoms with Gasteiger partial charge in [-0.3, -0.25) is 4.79 Å². The minimum absolute atomic E-state index is 0.0344. The van der Waals surface area contributed by atoms with E-state index in [1.54, 1.807) is 16.6 Å². The van der Waals surface area contributed by atoms with Crippen LogP contribution in [0.15, 0.2) is 18.2 Å². The standard InChI is InChI=1S/C17H18ClN5O2/c1-9-5-13(14(25-4)7-12(9)18)20-16(24)8-15-21-17-19-10(2)6-11(3)23(17)22-15/h5-7H,8H2,1-4H3,(H,20,24). The van der Waals surface area contributed by atoms with Crippen LogP contribution in [-0.2, 0) is 11.2 Å². The van der Waals surface area contributed by atoms with Crippen LogP contribution in [0.25, 0.3) is 5.78 Å². The molecule has 0 radical (unpaired) electrons. The van der Waals surface area contributed by atoms with Crippen molar-refractivity contribution >= 4 is 29.0 Å². The molecule has 25 heavy (non-hydrogen) atoms. The number of hydrogen-bond acceptors (Lipinski definition) is 5. The van der Waals surface area contributed by atoms with Crippen molar-refractivity contribution in [2.24, 2.45) is 0 Å². The summed E-state index contributed by atoms with van der Waals surface area (Å²) in [6, 6.07) is 5.35. The number of fused-ring (bicyclic) bond motifs is 1. The topological polar surface area (TPSA) is 81.4 Å². The third-order valence-corrected chi connectivity index (χ3v) is 4.14. The predicted octanol–water partition coefficient (Wildman–Crippen LogP) is 2.89. The van der Waals surface area contributed by atoms with Gasteiger partial charge in [0.05, 0.1) is 19.2 Å². The number of rotatable bonds is 4. The predicted molar refractivity (Wildman–Crippen MR) is 95.3 cm³/mol. The Labute approximate surface area is 150 Å². The Kier molecular flexibility index (Phi) is 4.59. The number of anilines is 1. The molecule has 1 amide bonds. The van der Waals surface area contributed by atoms with E-state index in [1.807, 2.05) is 26.8 Å². The van der Waals surface area contributed by atoms with Crippen LogP contribution < -0.4 is 10.1 Å². The molecule has 0 saturated carbocycles. The smallest absolute Gasteiger partial charge is 0.252 e. The third kappa shape index (κ3) is 3.56. The van der Waals surface area contributed by atoms with Gasteiger partial charge in [-0.25, -0.2) is 9.50 Å². The fourth-order valence-electron chi connectivity index (χ4n) is 2.55. The van der Waals surface area contributed by atoms with Crippen molar-refractivity contribution in [2.45, 2.75) is 27.2 Å². The van der Waals surface area contributed by atoms with Gasteiger partial charge in [-0.1, -0.05) is 11.6 Å². The first kappa shape index (κ1) is 17.2. The molecule has 3 aromatic rings. The Balaban J connectivity index is 1.81. The number of aryl methyl sites for hydroxylation is 3. The highest BCUT2D eigenvalue weighted by atomic mass is 35.5. The van der Waals surface area contributed by atoms with Crippen LogP contribution in [0, 0.1) is 20.8 Å². The van der Waals surface area contributed by atoms with Crippen molar-refractivity contribution in [3.63, 3.8) is 0 Å². The van der Waals surface area contributed by atoms with Gasteiger partial charge in [0, 0.05) is 22.5 Å². The lowest BCUT2D eigenvalue weighted by Crippen LogP contribution is -2.16. The Morgan fingerprint density at radius 2 is 2.00 bits per heavy atom. The first-order valence-electron chi connectivity index (χ1n) is 7.71. The molecular weight excluding hydrogens is 342 g/mol. The highest BCUT2D eigenvalue weighted by Gasteiger charge is 2.14. The first-order chi connectivity index (χ1) is 11.9. The molecule has 3 rings (SSSR count). The number of amides is 1. The highest BCUT2D eigenvalue weighted by molar-refractivity contribution is 6.31. The number of hydrogen-bond donors (Lipinski definition) is 1. The van der Waals surface area contributed by atoms with Crippen LogP contribution in [0.4, 0.5) is 5.69 Å². The van der Waals surface area contributed by atoms with Crippen LogP contribution >= 0.6 is 11.6 Å². The molecule has 130 valence electrons. The zero-order valence-electron chi connectivity index (χ0n) is 14.4. The van der Waals surface area contributed by atoms with Crippen molar-refractivity contribution in [3.8, 4) is 5.75 Å². The molecule has 2 heterocycles. The average Bonchev–Trinajstić information content (AvgIpc) is 2.93. The molecule has 8 heteroatoms. The first-order valence-corrected chi connectivity index (χ1v) is 8.09. The Morgan fingerprint density at radius 1 is 1.24 bits per heavy atom. The van der Waals surface area contributed by atoms with Crippen molar-refractivity contribution in [3.05, 3.63) is 46.0 Å². The zero-order chi connectivity index (χ0) is 18.1. The lowest BCUT2D eigenvalue weighted by Gasteiger charge is -2.11. The summed E-state index contributed by atoms with van der Waals surface area (Å²) in [5.41, 5.74) is 3.17. The van der Waals surface area contributed by atoms with Crippen molar-refractivity contribution in [2.75, 3.05) is 12.4 Å². The number of benzene rings is 1. The Bertz CT molecular complexity index is 967. The van der Waals surface area contributed by atoms with Gasteiger partial charge >= 0.3 is 0 Å². The molecule has 0 fully saturated rings. The second kappa shape index (κ2) is 6.68. The molecule has 7 nitrogen and oxygen atoms in total. The summed E-state index contributed by atoms with van der Waals surface area (Å²) in [6.45, 7) is 5.67. The molecule has 0 spiro atoms. The molecule has 2 aromatic heterocycles. The number of nitrogens with one attached hydrogen (secondary N) is 1. The highest BCUT2D eigenvalue weighted by Crippen LogP contribution is 2.30. The van der Waals surface area contributed by atoms with Gasteiger partial charge in [0.1, 0.15) is 5.75 Å². The second-order valence-corrected chi connectivity index (χ2v) is 6.21. The van der Waals surface area contributed by atoms with E-state index < -0.39 is 0 Å². The van der Waals surface area contributed by atoms with E-state index in [2.05, 4.69) is 20.4 Å². The van der Waals surface area contributed by atoms with Crippen LogP contribution in [-0.4, -0.2) is 32.6 Å². The van der Waals surface area contributed by atoms with Crippen LogP contribution in [0.3, 0.4) is 0 Å². The molecule has 0 saturated heterocycles. The number of carbonyl (C=O) groups is 1. The normalized spacial score (nSPS) is 10.9. The fraction of sp³-hybridized carbons (Fsp3) is 0.294. The molecule has 0 aliphatic heterocycles. The summed E-state index contributed by atoms with van der Waals surface area (Å²) in [5.74, 6) is 1.15. The lowest BCUT2D eigenvalue weighted by atomic mass is 10.2. The van der Waals surface area contributed by atoms with Gasteiger partial charge in [-0.15, -0.1) is 5.10 Å². The number of halogens is 1. The van der Waals surface area contributed by atoms with E-state index in [1.165, 1.54) is 7.11 Å². The average molecular weight is 360 g/mol. The maximum Gasteiger partial charge on any atom is 0.252 e. The summed E-state index contributed by atoms with van der Waals surface area (Å²) in [4.78, 5) is 21.0. The summed E-state index contributed by atoms with van der Waals surface area (Å²) < 4.78 is 6.89. The van der Waals surface area contributed by atoms with E-state index >= 15 is 0 Å². The van der Waals surface area contributed by atoms with Gasteiger partial charge in [0.2, 0.25) is 5.91 Å². The summed E-state index contributed by atoms with van der Waals surface area (Å²) in [5, 5.41) is 7.73. The third-order valence-electron chi connectivity index (χ3n) is 3.74. The summed E-state index contributed by atoms with van der Waals surface area (Å²) in [7, 11) is 1.52. The van der Waals surface area contributed by atoms with Crippen molar-refractivity contribution in [1.29, 1.82) is 0 Å². The number of ether oxygens (including phenoxy) is 1. The maximum atomic E-state index is 12.4. The van der Waals surface area contributed by atoms with E-state index in [-0.39, 0.29) is 12.3 Å². The molecule has 0 bridgehead atoms. The number of nitrogens with zero attached hydrogens (tertiary/aromatic N) is 4. The van der Waals surface area contributed by atoms with Gasteiger partial charge in [0.25, 0.3) is 5.78 Å². The van der Waals surface area contributed by atoms with Gasteiger partial charge in [0.15, 0.2) is 5.82 Å². The molecule has 0 aliphatic carbocycles. The van der Waals surface area contributed by atoms with Crippen LogP contribution in [0.1, 0.15) is 22.8 Å². The molecule has 0 atom stereocenters. The quantitative estimate of drug-likeness (QED) is 0.774. The van der Waals surface area contributed by atoms with E-state index in [9.17, 15) is 4.79 Å².